The molecule has 2 rings (SSSR count). The third-order valence-corrected chi connectivity index (χ3v) is 8.08. The number of hydrogen-bond donors (Lipinski definition) is 0. The second-order valence-corrected chi connectivity index (χ2v) is 12.0. The van der Waals surface area contributed by atoms with Gasteiger partial charge < -0.3 is 9.47 Å². The van der Waals surface area contributed by atoms with Crippen LogP contribution >= 0.6 is 0 Å². The molecule has 34 heavy (non-hydrogen) atoms. The van der Waals surface area contributed by atoms with Crippen LogP contribution in [0.15, 0.2) is 0 Å². The molecule has 194 valence electrons. The summed E-state index contributed by atoms with van der Waals surface area (Å²) in [5.41, 5.74) is 4.29. The normalized spacial score (nSPS) is 19.5. The minimum atomic E-state index is -0.262. The molecule has 0 fully saturated rings. The lowest BCUT2D eigenvalue weighted by Crippen LogP contribution is -2.37. The Morgan fingerprint density at radius 1 is 0.882 bits per heavy atom. The summed E-state index contributed by atoms with van der Waals surface area (Å²) < 4.78 is 12.2. The number of fused-ring (bicyclic) bond motifs is 1. The van der Waals surface area contributed by atoms with E-state index in [2.05, 4.69) is 48.5 Å². The molecule has 0 aliphatic carbocycles. The van der Waals surface area contributed by atoms with Crippen molar-refractivity contribution in [3.05, 3.63) is 22.3 Å². The Kier molecular flexibility index (Phi) is 11.0. The van der Waals surface area contributed by atoms with Gasteiger partial charge in [-0.2, -0.15) is 0 Å². The Balaban J connectivity index is 1.82. The molecule has 3 atom stereocenters. The summed E-state index contributed by atoms with van der Waals surface area (Å²) in [6.45, 7) is 19.5. The highest BCUT2D eigenvalue weighted by Crippen LogP contribution is 2.45. The summed E-state index contributed by atoms with van der Waals surface area (Å²) in [4.78, 5) is 11.6. The van der Waals surface area contributed by atoms with Crippen LogP contribution in [0, 0.1) is 38.5 Å². The summed E-state index contributed by atoms with van der Waals surface area (Å²) in [5.74, 6) is 3.99. The lowest BCUT2D eigenvalue weighted by molar-refractivity contribution is -0.132. The van der Waals surface area contributed by atoms with Crippen LogP contribution in [0.5, 0.6) is 11.5 Å². The average molecular weight is 473 g/mol. The van der Waals surface area contributed by atoms with Gasteiger partial charge in [0.25, 0.3) is 0 Å². The Hall–Kier alpha value is -1.51. The van der Waals surface area contributed by atoms with Gasteiger partial charge in [0.1, 0.15) is 17.1 Å². The second-order valence-electron chi connectivity index (χ2n) is 12.0. The largest absolute Gasteiger partial charge is 0.487 e. The van der Waals surface area contributed by atoms with Crippen molar-refractivity contribution in [2.45, 2.75) is 139 Å². The molecule has 0 amide bonds. The van der Waals surface area contributed by atoms with Gasteiger partial charge in [-0.15, -0.1) is 0 Å². The van der Waals surface area contributed by atoms with Gasteiger partial charge >= 0.3 is 5.97 Å². The van der Waals surface area contributed by atoms with Gasteiger partial charge in [0, 0.05) is 12.5 Å². The predicted molar refractivity (Wildman–Crippen MR) is 144 cm³/mol. The Bertz CT molecular complexity index is 810. The van der Waals surface area contributed by atoms with Crippen LogP contribution in [-0.4, -0.2) is 11.6 Å². The molecule has 0 spiro atoms. The monoisotopic (exact) mass is 472 g/mol. The molecule has 0 aromatic heterocycles. The maximum Gasteiger partial charge on any atom is 0.308 e. The topological polar surface area (TPSA) is 35.5 Å². The third-order valence-electron chi connectivity index (χ3n) is 8.08. The molecule has 0 saturated heterocycles. The SMILES string of the molecule is CC(=O)Oc1c(C)c(C)c2c(c1C)CC[C@](C)(CCCC(C)CCCC(C)CCCC(C)C)O2. The van der Waals surface area contributed by atoms with Crippen molar-refractivity contribution in [2.75, 3.05) is 0 Å². The average Bonchev–Trinajstić information content (AvgIpc) is 2.74. The van der Waals surface area contributed by atoms with Gasteiger partial charge in [-0.05, 0) is 87.8 Å². The number of carbonyl (C=O) groups excluding carboxylic acids is 1. The van der Waals surface area contributed by atoms with E-state index in [-0.39, 0.29) is 11.6 Å². The van der Waals surface area contributed by atoms with Crippen LogP contribution in [0.2, 0.25) is 0 Å². The third kappa shape index (κ3) is 8.31. The lowest BCUT2D eigenvalue weighted by atomic mass is 9.83. The second kappa shape index (κ2) is 13.0. The number of benzene rings is 1. The summed E-state index contributed by atoms with van der Waals surface area (Å²) in [6, 6.07) is 0. The molecule has 1 aromatic rings. The number of carbonyl (C=O) groups is 1. The van der Waals surface area contributed by atoms with Crippen LogP contribution in [0.1, 0.15) is 128 Å². The molecule has 1 aliphatic rings. The first-order valence-corrected chi connectivity index (χ1v) is 13.9. The summed E-state index contributed by atoms with van der Waals surface area (Å²) in [5, 5.41) is 0. The summed E-state index contributed by atoms with van der Waals surface area (Å²) in [7, 11) is 0. The van der Waals surface area contributed by atoms with E-state index >= 15 is 0 Å². The molecule has 3 nitrogen and oxygen atoms in total. The molecule has 1 aliphatic heterocycles. The Morgan fingerprint density at radius 2 is 1.44 bits per heavy atom. The summed E-state index contributed by atoms with van der Waals surface area (Å²) >= 11 is 0. The number of esters is 1. The molecule has 1 aromatic carbocycles. The smallest absolute Gasteiger partial charge is 0.308 e. The predicted octanol–water partition coefficient (Wildman–Crippen LogP) is 9.06. The van der Waals surface area contributed by atoms with Gasteiger partial charge in [0.2, 0.25) is 0 Å². The fourth-order valence-electron chi connectivity index (χ4n) is 5.56. The molecule has 3 heteroatoms. The van der Waals surface area contributed by atoms with Crippen molar-refractivity contribution < 1.29 is 14.3 Å². The van der Waals surface area contributed by atoms with E-state index in [0.29, 0.717) is 0 Å². The zero-order valence-electron chi connectivity index (χ0n) is 23.7. The minimum Gasteiger partial charge on any atom is -0.487 e. The first-order valence-electron chi connectivity index (χ1n) is 13.9. The molecule has 0 N–H and O–H groups in total. The van der Waals surface area contributed by atoms with Gasteiger partial charge in [0.15, 0.2) is 0 Å². The van der Waals surface area contributed by atoms with E-state index in [4.69, 9.17) is 9.47 Å². The standard InChI is InChI=1S/C31H52O3/c1-21(2)13-10-14-22(3)15-11-16-23(4)17-12-19-31(9)20-18-28-26(7)29(33-27(8)32)24(5)25(6)30(28)34-31/h21-23H,10-20H2,1-9H3/t22?,23?,31-/m0/s1. The van der Waals surface area contributed by atoms with Gasteiger partial charge in [0.05, 0.1) is 0 Å². The van der Waals surface area contributed by atoms with Crippen LogP contribution in [0.4, 0.5) is 0 Å². The van der Waals surface area contributed by atoms with Crippen molar-refractivity contribution in [1.29, 1.82) is 0 Å². The maximum absolute atomic E-state index is 11.6. The lowest BCUT2D eigenvalue weighted by Gasteiger charge is -2.38. The highest BCUT2D eigenvalue weighted by molar-refractivity contribution is 5.72. The molecule has 0 saturated carbocycles. The molecular formula is C31H52O3. The van der Waals surface area contributed by atoms with E-state index in [1.165, 1.54) is 63.9 Å². The molecular weight excluding hydrogens is 420 g/mol. The van der Waals surface area contributed by atoms with Crippen LogP contribution in [-0.2, 0) is 11.2 Å². The Morgan fingerprint density at radius 3 is 2.00 bits per heavy atom. The van der Waals surface area contributed by atoms with Crippen molar-refractivity contribution >= 4 is 5.97 Å². The molecule has 1 heterocycles. The highest BCUT2D eigenvalue weighted by Gasteiger charge is 2.34. The first-order chi connectivity index (χ1) is 15.9. The van der Waals surface area contributed by atoms with E-state index in [1.54, 1.807) is 0 Å². The fourth-order valence-corrected chi connectivity index (χ4v) is 5.56. The zero-order valence-corrected chi connectivity index (χ0v) is 23.7. The van der Waals surface area contributed by atoms with Crippen molar-refractivity contribution in [3.8, 4) is 11.5 Å². The van der Waals surface area contributed by atoms with Crippen molar-refractivity contribution in [2.24, 2.45) is 17.8 Å². The zero-order chi connectivity index (χ0) is 25.5. The van der Waals surface area contributed by atoms with Gasteiger partial charge in [-0.25, -0.2) is 0 Å². The number of hydrogen-bond acceptors (Lipinski definition) is 3. The molecule has 0 bridgehead atoms. The van der Waals surface area contributed by atoms with Gasteiger partial charge in [-0.3, -0.25) is 4.79 Å². The first kappa shape index (κ1) is 28.7. The van der Waals surface area contributed by atoms with Crippen LogP contribution in [0.3, 0.4) is 0 Å². The van der Waals surface area contributed by atoms with E-state index in [1.807, 2.05) is 6.92 Å². The van der Waals surface area contributed by atoms with E-state index in [9.17, 15) is 4.79 Å². The van der Waals surface area contributed by atoms with E-state index < -0.39 is 0 Å². The minimum absolute atomic E-state index is 0.107. The highest BCUT2D eigenvalue weighted by atomic mass is 16.5. The van der Waals surface area contributed by atoms with Crippen molar-refractivity contribution in [1.82, 2.24) is 0 Å². The van der Waals surface area contributed by atoms with Crippen molar-refractivity contribution in [3.63, 3.8) is 0 Å². The number of ether oxygens (including phenoxy) is 2. The Labute approximate surface area is 210 Å². The fraction of sp³-hybridized carbons (Fsp3) is 0.774. The van der Waals surface area contributed by atoms with E-state index in [0.717, 1.165) is 65.2 Å². The number of rotatable bonds is 13. The van der Waals surface area contributed by atoms with Gasteiger partial charge in [-0.1, -0.05) is 72.6 Å². The quantitative estimate of drug-likeness (QED) is 0.212. The summed E-state index contributed by atoms with van der Waals surface area (Å²) in [6.07, 6.45) is 13.9. The maximum atomic E-state index is 11.6. The van der Waals surface area contributed by atoms with Crippen LogP contribution in [0.25, 0.3) is 0 Å². The molecule has 2 unspecified atom stereocenters. The molecule has 0 radical (unpaired) electrons. The van der Waals surface area contributed by atoms with Crippen LogP contribution < -0.4 is 9.47 Å².